The lowest BCUT2D eigenvalue weighted by molar-refractivity contribution is 0.0781. The molecule has 22 heavy (non-hydrogen) atoms. The third-order valence-electron chi connectivity index (χ3n) is 3.33. The fourth-order valence-electron chi connectivity index (χ4n) is 2.22. The normalized spacial score (nSPS) is 10.2. The number of benzene rings is 2. The Bertz CT molecular complexity index is 673. The number of para-hydroxylation sites is 1. The summed E-state index contributed by atoms with van der Waals surface area (Å²) < 4.78 is 11.5. The van der Waals surface area contributed by atoms with Crippen molar-refractivity contribution in [3.63, 3.8) is 0 Å². The molecular weight excluding hydrogens is 346 g/mol. The molecule has 0 atom stereocenters. The molecule has 2 rings (SSSR count). The van der Waals surface area contributed by atoms with Gasteiger partial charge in [-0.25, -0.2) is 0 Å². The maximum atomic E-state index is 12.6. The topological polar surface area (TPSA) is 38.8 Å². The average Bonchev–Trinajstić information content (AvgIpc) is 2.54. The molecule has 0 heterocycles. The van der Waals surface area contributed by atoms with Gasteiger partial charge >= 0.3 is 0 Å². The Morgan fingerprint density at radius 1 is 1.09 bits per heavy atom. The van der Waals surface area contributed by atoms with Crippen molar-refractivity contribution in [2.45, 2.75) is 6.54 Å². The van der Waals surface area contributed by atoms with Crippen LogP contribution in [0.25, 0.3) is 0 Å². The van der Waals surface area contributed by atoms with E-state index in [1.165, 1.54) is 0 Å². The number of methoxy groups -OCH3 is 2. The summed E-state index contributed by atoms with van der Waals surface area (Å²) in [5.74, 6) is 1.22. The number of rotatable bonds is 5. The van der Waals surface area contributed by atoms with E-state index in [9.17, 15) is 4.79 Å². The van der Waals surface area contributed by atoms with E-state index in [0.717, 1.165) is 15.8 Å². The Kier molecular flexibility index (Phi) is 5.44. The van der Waals surface area contributed by atoms with Gasteiger partial charge in [0.25, 0.3) is 5.91 Å². The summed E-state index contributed by atoms with van der Waals surface area (Å²) >= 11 is 3.44. The number of carbonyl (C=O) groups is 1. The van der Waals surface area contributed by atoms with Crippen LogP contribution in [0.2, 0.25) is 0 Å². The van der Waals surface area contributed by atoms with E-state index in [1.807, 2.05) is 30.3 Å². The first-order chi connectivity index (χ1) is 10.6. The summed E-state index contributed by atoms with van der Waals surface area (Å²) in [5, 5.41) is 0. The Balaban J connectivity index is 2.23. The minimum absolute atomic E-state index is 0.0977. The molecule has 4 nitrogen and oxygen atoms in total. The first-order valence-electron chi connectivity index (χ1n) is 6.77. The van der Waals surface area contributed by atoms with Crippen molar-refractivity contribution >= 4 is 21.8 Å². The highest BCUT2D eigenvalue weighted by atomic mass is 79.9. The van der Waals surface area contributed by atoms with E-state index in [4.69, 9.17) is 9.47 Å². The van der Waals surface area contributed by atoms with Gasteiger partial charge in [-0.3, -0.25) is 4.79 Å². The molecule has 0 radical (unpaired) electrons. The van der Waals surface area contributed by atoms with E-state index < -0.39 is 0 Å². The van der Waals surface area contributed by atoms with Gasteiger partial charge < -0.3 is 14.4 Å². The quantitative estimate of drug-likeness (QED) is 0.812. The van der Waals surface area contributed by atoms with Gasteiger partial charge in [-0.1, -0.05) is 28.1 Å². The minimum atomic E-state index is -0.0977. The molecule has 0 N–H and O–H groups in total. The average molecular weight is 364 g/mol. The standard InChI is InChI=1S/C17H18BrNO3/c1-19(11-12-10-13(18)8-9-15(12)21-2)17(20)14-6-4-5-7-16(14)22-3/h4-10H,11H2,1-3H3. The van der Waals surface area contributed by atoms with Crippen molar-refractivity contribution in [2.75, 3.05) is 21.3 Å². The first kappa shape index (κ1) is 16.4. The Morgan fingerprint density at radius 3 is 2.45 bits per heavy atom. The first-order valence-corrected chi connectivity index (χ1v) is 7.57. The van der Waals surface area contributed by atoms with E-state index >= 15 is 0 Å². The molecule has 1 amide bonds. The minimum Gasteiger partial charge on any atom is -0.496 e. The zero-order valence-corrected chi connectivity index (χ0v) is 14.4. The molecular formula is C17H18BrNO3. The van der Waals surface area contributed by atoms with Gasteiger partial charge in [0.15, 0.2) is 0 Å². The fraction of sp³-hybridized carbons (Fsp3) is 0.235. The molecule has 0 saturated heterocycles. The van der Waals surface area contributed by atoms with Crippen LogP contribution in [-0.2, 0) is 6.54 Å². The number of carbonyl (C=O) groups excluding carboxylic acids is 1. The summed E-state index contributed by atoms with van der Waals surface area (Å²) in [7, 11) is 4.94. The van der Waals surface area contributed by atoms with Crippen molar-refractivity contribution in [1.29, 1.82) is 0 Å². The molecule has 0 aliphatic rings. The van der Waals surface area contributed by atoms with Crippen LogP contribution in [0.1, 0.15) is 15.9 Å². The second-order valence-corrected chi connectivity index (χ2v) is 5.73. The highest BCUT2D eigenvalue weighted by Crippen LogP contribution is 2.25. The Hall–Kier alpha value is -2.01. The molecule has 5 heteroatoms. The number of hydrogen-bond acceptors (Lipinski definition) is 3. The predicted octanol–water partition coefficient (Wildman–Crippen LogP) is 3.74. The SMILES string of the molecule is COc1ccc(Br)cc1CN(C)C(=O)c1ccccc1OC. The molecule has 0 fully saturated rings. The molecule has 0 spiro atoms. The lowest BCUT2D eigenvalue weighted by atomic mass is 10.1. The molecule has 116 valence electrons. The summed E-state index contributed by atoms with van der Waals surface area (Å²) in [5.41, 5.74) is 1.48. The van der Waals surface area contributed by atoms with Gasteiger partial charge in [-0.05, 0) is 30.3 Å². The third-order valence-corrected chi connectivity index (χ3v) is 3.83. The zero-order chi connectivity index (χ0) is 16.1. The number of halogens is 1. The van der Waals surface area contributed by atoms with Crippen LogP contribution in [-0.4, -0.2) is 32.1 Å². The van der Waals surface area contributed by atoms with Crippen molar-refractivity contribution in [3.05, 3.63) is 58.1 Å². The van der Waals surface area contributed by atoms with Gasteiger partial charge in [-0.2, -0.15) is 0 Å². The van der Waals surface area contributed by atoms with E-state index in [0.29, 0.717) is 17.9 Å². The summed E-state index contributed by atoms with van der Waals surface area (Å²) in [6.07, 6.45) is 0. The molecule has 2 aromatic rings. The zero-order valence-electron chi connectivity index (χ0n) is 12.8. The number of nitrogens with zero attached hydrogens (tertiary/aromatic N) is 1. The molecule has 0 aliphatic carbocycles. The molecule has 0 unspecified atom stereocenters. The number of ether oxygens (including phenoxy) is 2. The molecule has 0 aromatic heterocycles. The van der Waals surface area contributed by atoms with Crippen molar-refractivity contribution in [2.24, 2.45) is 0 Å². The molecule has 2 aromatic carbocycles. The van der Waals surface area contributed by atoms with Crippen LogP contribution in [0.3, 0.4) is 0 Å². The summed E-state index contributed by atoms with van der Waals surface area (Å²) in [6.45, 7) is 0.444. The fourth-order valence-corrected chi connectivity index (χ4v) is 2.63. The predicted molar refractivity (Wildman–Crippen MR) is 89.5 cm³/mol. The smallest absolute Gasteiger partial charge is 0.257 e. The number of hydrogen-bond donors (Lipinski definition) is 0. The van der Waals surface area contributed by atoms with Crippen molar-refractivity contribution in [1.82, 2.24) is 4.90 Å². The van der Waals surface area contributed by atoms with Crippen LogP contribution in [0.4, 0.5) is 0 Å². The van der Waals surface area contributed by atoms with Crippen LogP contribution < -0.4 is 9.47 Å². The summed E-state index contributed by atoms with van der Waals surface area (Å²) in [6, 6.07) is 12.9. The second kappa shape index (κ2) is 7.31. The highest BCUT2D eigenvalue weighted by molar-refractivity contribution is 9.10. The van der Waals surface area contributed by atoms with Gasteiger partial charge in [0, 0.05) is 23.6 Å². The second-order valence-electron chi connectivity index (χ2n) is 4.82. The van der Waals surface area contributed by atoms with Crippen LogP contribution in [0.15, 0.2) is 46.9 Å². The van der Waals surface area contributed by atoms with E-state index in [2.05, 4.69) is 15.9 Å². The lowest BCUT2D eigenvalue weighted by Crippen LogP contribution is -2.26. The third kappa shape index (κ3) is 3.60. The van der Waals surface area contributed by atoms with Crippen molar-refractivity contribution < 1.29 is 14.3 Å². The van der Waals surface area contributed by atoms with E-state index in [1.54, 1.807) is 38.3 Å². The molecule has 0 aliphatic heterocycles. The van der Waals surface area contributed by atoms with Crippen LogP contribution >= 0.6 is 15.9 Å². The van der Waals surface area contributed by atoms with Crippen LogP contribution in [0, 0.1) is 0 Å². The van der Waals surface area contributed by atoms with Crippen LogP contribution in [0.5, 0.6) is 11.5 Å². The van der Waals surface area contributed by atoms with E-state index in [-0.39, 0.29) is 5.91 Å². The summed E-state index contributed by atoms with van der Waals surface area (Å²) in [4.78, 5) is 14.2. The van der Waals surface area contributed by atoms with Gasteiger partial charge in [0.1, 0.15) is 11.5 Å². The number of amides is 1. The maximum absolute atomic E-state index is 12.6. The van der Waals surface area contributed by atoms with Gasteiger partial charge in [0.2, 0.25) is 0 Å². The lowest BCUT2D eigenvalue weighted by Gasteiger charge is -2.20. The van der Waals surface area contributed by atoms with Crippen molar-refractivity contribution in [3.8, 4) is 11.5 Å². The Labute approximate surface area is 138 Å². The maximum Gasteiger partial charge on any atom is 0.257 e. The largest absolute Gasteiger partial charge is 0.496 e. The van der Waals surface area contributed by atoms with Gasteiger partial charge in [0.05, 0.1) is 19.8 Å². The molecule has 0 bridgehead atoms. The highest BCUT2D eigenvalue weighted by Gasteiger charge is 2.17. The monoisotopic (exact) mass is 363 g/mol. The molecule has 0 saturated carbocycles. The van der Waals surface area contributed by atoms with Gasteiger partial charge in [-0.15, -0.1) is 0 Å². The Morgan fingerprint density at radius 2 is 1.77 bits per heavy atom.